The predicted molar refractivity (Wildman–Crippen MR) is 92.3 cm³/mol. The van der Waals surface area contributed by atoms with Crippen LogP contribution in [0.15, 0.2) is 24.3 Å². The topological polar surface area (TPSA) is 87.5 Å². The number of hydrogen-bond donors (Lipinski definition) is 3. The maximum Gasteiger partial charge on any atom is 0.317 e. The van der Waals surface area contributed by atoms with Crippen LogP contribution in [0.5, 0.6) is 0 Å². The molecule has 1 unspecified atom stereocenters. The van der Waals surface area contributed by atoms with Crippen LogP contribution in [-0.2, 0) is 17.8 Å². The van der Waals surface area contributed by atoms with Crippen molar-refractivity contribution in [2.45, 2.75) is 38.3 Å². The molecule has 1 heterocycles. The van der Waals surface area contributed by atoms with Crippen molar-refractivity contribution in [2.24, 2.45) is 11.7 Å². The molecular formula is C18H26N4O2. The van der Waals surface area contributed by atoms with Gasteiger partial charge in [0.05, 0.1) is 0 Å². The fourth-order valence-electron chi connectivity index (χ4n) is 3.07. The number of amides is 3. The molecule has 1 aliphatic carbocycles. The summed E-state index contributed by atoms with van der Waals surface area (Å²) in [7, 11) is 0. The molecule has 4 N–H and O–H groups in total. The van der Waals surface area contributed by atoms with Crippen LogP contribution in [0.4, 0.5) is 4.79 Å². The standard InChI is InChI=1S/C18H26N4O2/c19-16(14-5-6-14)11-21-17(23)7-9-20-18(24)22-10-8-13-3-1-2-4-15(13)12-22/h1-4,14,16H,5-12,19H2,(H,20,24)(H,21,23). The summed E-state index contributed by atoms with van der Waals surface area (Å²) in [5.41, 5.74) is 8.46. The van der Waals surface area contributed by atoms with Crippen molar-refractivity contribution in [3.8, 4) is 0 Å². The van der Waals surface area contributed by atoms with Crippen LogP contribution in [-0.4, -0.2) is 42.5 Å². The second-order valence-electron chi connectivity index (χ2n) is 6.73. The van der Waals surface area contributed by atoms with Gasteiger partial charge in [-0.1, -0.05) is 24.3 Å². The highest BCUT2D eigenvalue weighted by Crippen LogP contribution is 2.31. The summed E-state index contributed by atoms with van der Waals surface area (Å²) < 4.78 is 0. The molecule has 1 atom stereocenters. The van der Waals surface area contributed by atoms with E-state index in [-0.39, 0.29) is 24.4 Å². The van der Waals surface area contributed by atoms with Gasteiger partial charge in [-0.2, -0.15) is 0 Å². The van der Waals surface area contributed by atoms with Gasteiger partial charge in [0.1, 0.15) is 0 Å². The summed E-state index contributed by atoms with van der Waals surface area (Å²) in [5, 5.41) is 5.67. The summed E-state index contributed by atoms with van der Waals surface area (Å²) in [4.78, 5) is 25.8. The van der Waals surface area contributed by atoms with Crippen molar-refractivity contribution in [3.63, 3.8) is 0 Å². The number of hydrogen-bond acceptors (Lipinski definition) is 3. The van der Waals surface area contributed by atoms with Gasteiger partial charge in [-0.15, -0.1) is 0 Å². The Morgan fingerprint density at radius 3 is 2.71 bits per heavy atom. The van der Waals surface area contributed by atoms with Gasteiger partial charge in [0.25, 0.3) is 0 Å². The van der Waals surface area contributed by atoms with Crippen molar-refractivity contribution in [3.05, 3.63) is 35.4 Å². The fraction of sp³-hybridized carbons (Fsp3) is 0.556. The first-order valence-corrected chi connectivity index (χ1v) is 8.75. The molecule has 6 heteroatoms. The van der Waals surface area contributed by atoms with Crippen LogP contribution < -0.4 is 16.4 Å². The smallest absolute Gasteiger partial charge is 0.317 e. The number of fused-ring (bicyclic) bond motifs is 1. The molecule has 1 aromatic rings. The van der Waals surface area contributed by atoms with E-state index in [1.807, 2.05) is 12.1 Å². The third-order valence-electron chi connectivity index (χ3n) is 4.81. The van der Waals surface area contributed by atoms with E-state index >= 15 is 0 Å². The van der Waals surface area contributed by atoms with Crippen LogP contribution in [0.25, 0.3) is 0 Å². The van der Waals surface area contributed by atoms with Crippen LogP contribution >= 0.6 is 0 Å². The Balaban J connectivity index is 1.34. The zero-order valence-corrected chi connectivity index (χ0v) is 14.0. The van der Waals surface area contributed by atoms with E-state index in [1.165, 1.54) is 24.0 Å². The fourth-order valence-corrected chi connectivity index (χ4v) is 3.07. The molecule has 24 heavy (non-hydrogen) atoms. The lowest BCUT2D eigenvalue weighted by Crippen LogP contribution is -2.44. The molecule has 0 aromatic heterocycles. The number of nitrogens with one attached hydrogen (secondary N) is 2. The van der Waals surface area contributed by atoms with Gasteiger partial charge < -0.3 is 21.3 Å². The summed E-state index contributed by atoms with van der Waals surface area (Å²) in [5.74, 6) is 0.516. The first kappa shape index (κ1) is 16.8. The lowest BCUT2D eigenvalue weighted by Gasteiger charge is -2.28. The Labute approximate surface area is 142 Å². The molecule has 1 saturated carbocycles. The van der Waals surface area contributed by atoms with Gasteiger partial charge in [-0.05, 0) is 36.3 Å². The van der Waals surface area contributed by atoms with Crippen molar-refractivity contribution < 1.29 is 9.59 Å². The molecule has 6 nitrogen and oxygen atoms in total. The molecule has 2 aliphatic rings. The molecule has 0 saturated heterocycles. The van der Waals surface area contributed by atoms with Gasteiger partial charge in [-0.3, -0.25) is 4.79 Å². The van der Waals surface area contributed by atoms with Crippen molar-refractivity contribution in [1.29, 1.82) is 0 Å². The van der Waals surface area contributed by atoms with E-state index in [2.05, 4.69) is 22.8 Å². The number of nitrogens with two attached hydrogens (primary N) is 1. The van der Waals surface area contributed by atoms with E-state index in [1.54, 1.807) is 4.90 Å². The maximum atomic E-state index is 12.2. The number of carbonyl (C=O) groups is 2. The van der Waals surface area contributed by atoms with Crippen LogP contribution in [0.3, 0.4) is 0 Å². The summed E-state index contributed by atoms with van der Waals surface area (Å²) in [6.45, 7) is 2.22. The quantitative estimate of drug-likeness (QED) is 0.727. The van der Waals surface area contributed by atoms with E-state index in [0.717, 1.165) is 6.42 Å². The highest BCUT2D eigenvalue weighted by atomic mass is 16.2. The molecule has 130 valence electrons. The predicted octanol–water partition coefficient (Wildman–Crippen LogP) is 0.998. The summed E-state index contributed by atoms with van der Waals surface area (Å²) >= 11 is 0. The normalized spacial score (nSPS) is 17.8. The second-order valence-corrected chi connectivity index (χ2v) is 6.73. The maximum absolute atomic E-state index is 12.2. The summed E-state index contributed by atoms with van der Waals surface area (Å²) in [6.07, 6.45) is 3.51. The van der Waals surface area contributed by atoms with Gasteiger partial charge in [0, 0.05) is 38.6 Å². The van der Waals surface area contributed by atoms with E-state index in [0.29, 0.717) is 32.1 Å². The largest absolute Gasteiger partial charge is 0.354 e. The average molecular weight is 330 g/mol. The zero-order chi connectivity index (χ0) is 16.9. The lowest BCUT2D eigenvalue weighted by molar-refractivity contribution is -0.121. The Morgan fingerprint density at radius 1 is 1.21 bits per heavy atom. The highest BCUT2D eigenvalue weighted by molar-refractivity contribution is 5.78. The molecule has 1 aliphatic heterocycles. The molecule has 3 rings (SSSR count). The Bertz CT molecular complexity index is 600. The Morgan fingerprint density at radius 2 is 1.96 bits per heavy atom. The molecule has 1 fully saturated rings. The van der Waals surface area contributed by atoms with E-state index in [4.69, 9.17) is 5.73 Å². The average Bonchev–Trinajstić information content (AvgIpc) is 3.44. The van der Waals surface area contributed by atoms with E-state index < -0.39 is 0 Å². The third-order valence-corrected chi connectivity index (χ3v) is 4.81. The van der Waals surface area contributed by atoms with Crippen LogP contribution in [0.2, 0.25) is 0 Å². The first-order valence-electron chi connectivity index (χ1n) is 8.75. The third kappa shape index (κ3) is 4.47. The first-order chi connectivity index (χ1) is 11.6. The van der Waals surface area contributed by atoms with Gasteiger partial charge >= 0.3 is 6.03 Å². The molecule has 0 radical (unpaired) electrons. The van der Waals surface area contributed by atoms with Gasteiger partial charge in [0.15, 0.2) is 0 Å². The Kier molecular flexibility index (Phi) is 5.35. The SMILES string of the molecule is NC(CNC(=O)CCNC(=O)N1CCc2ccccc2C1)C1CC1. The molecular weight excluding hydrogens is 304 g/mol. The van der Waals surface area contributed by atoms with Crippen LogP contribution in [0.1, 0.15) is 30.4 Å². The van der Waals surface area contributed by atoms with Gasteiger partial charge in [0.2, 0.25) is 5.91 Å². The van der Waals surface area contributed by atoms with Crippen molar-refractivity contribution >= 4 is 11.9 Å². The Hall–Kier alpha value is -2.08. The van der Waals surface area contributed by atoms with Crippen molar-refractivity contribution in [1.82, 2.24) is 15.5 Å². The molecule has 0 bridgehead atoms. The zero-order valence-electron chi connectivity index (χ0n) is 14.0. The monoisotopic (exact) mass is 330 g/mol. The minimum Gasteiger partial charge on any atom is -0.354 e. The summed E-state index contributed by atoms with van der Waals surface area (Å²) in [6, 6.07) is 8.16. The molecule has 0 spiro atoms. The minimum atomic E-state index is -0.105. The minimum absolute atomic E-state index is 0.0598. The lowest BCUT2D eigenvalue weighted by atomic mass is 10.0. The second kappa shape index (κ2) is 7.66. The number of rotatable bonds is 6. The number of urea groups is 1. The van der Waals surface area contributed by atoms with E-state index in [9.17, 15) is 9.59 Å². The van der Waals surface area contributed by atoms with Crippen molar-refractivity contribution in [2.75, 3.05) is 19.6 Å². The number of benzene rings is 1. The molecule has 1 aromatic carbocycles. The van der Waals surface area contributed by atoms with Gasteiger partial charge in [-0.25, -0.2) is 4.79 Å². The number of nitrogens with zero attached hydrogens (tertiary/aromatic N) is 1. The molecule has 3 amide bonds. The van der Waals surface area contributed by atoms with Crippen LogP contribution in [0, 0.1) is 5.92 Å². The highest BCUT2D eigenvalue weighted by Gasteiger charge is 2.28. The number of carbonyl (C=O) groups excluding carboxylic acids is 2.